The molecule has 0 saturated carbocycles. The lowest BCUT2D eigenvalue weighted by Gasteiger charge is -2.16. The van der Waals surface area contributed by atoms with Crippen molar-refractivity contribution < 1.29 is 9.53 Å². The third kappa shape index (κ3) is 3.08. The van der Waals surface area contributed by atoms with E-state index in [0.29, 0.717) is 12.1 Å². The normalized spacial score (nSPS) is 12.0. The Balaban J connectivity index is 2.55. The van der Waals surface area contributed by atoms with Crippen molar-refractivity contribution in [2.45, 2.75) is 33.2 Å². The van der Waals surface area contributed by atoms with Crippen molar-refractivity contribution >= 4 is 5.97 Å². The van der Waals surface area contributed by atoms with Crippen LogP contribution < -0.4 is 5.56 Å². The molecule has 0 bridgehead atoms. The summed E-state index contributed by atoms with van der Waals surface area (Å²) in [6.07, 6.45) is 0.440. The average Bonchev–Trinajstić information content (AvgIpc) is 2.50. The topological polar surface area (TPSA) is 61.2 Å². The van der Waals surface area contributed by atoms with E-state index in [1.54, 1.807) is 6.07 Å². The molecule has 0 fully saturated rings. The molecule has 0 aliphatic heterocycles. The highest BCUT2D eigenvalue weighted by Crippen LogP contribution is 2.22. The first-order valence-electron chi connectivity index (χ1n) is 7.23. The number of ether oxygens (including phenoxy) is 1. The molecule has 1 aromatic carbocycles. The van der Waals surface area contributed by atoms with E-state index in [9.17, 15) is 9.59 Å². The standard InChI is InChI=1S/C17H20N2O3/c1-5-15(17(21)22-4)19-16(20)9-8-14(18-19)13-7-6-11(2)10-12(13)3/h6-10,15H,5H2,1-4H3/t15-/m1/s1. The van der Waals surface area contributed by atoms with E-state index < -0.39 is 12.0 Å². The maximum Gasteiger partial charge on any atom is 0.330 e. The molecular weight excluding hydrogens is 280 g/mol. The van der Waals surface area contributed by atoms with Gasteiger partial charge >= 0.3 is 5.97 Å². The third-order valence-electron chi connectivity index (χ3n) is 3.64. The van der Waals surface area contributed by atoms with E-state index in [4.69, 9.17) is 4.74 Å². The van der Waals surface area contributed by atoms with E-state index in [-0.39, 0.29) is 5.56 Å². The number of benzene rings is 1. The van der Waals surface area contributed by atoms with Gasteiger partial charge in [0.1, 0.15) is 0 Å². The number of aryl methyl sites for hydroxylation is 2. The molecule has 0 radical (unpaired) electrons. The summed E-state index contributed by atoms with van der Waals surface area (Å²) < 4.78 is 5.97. The zero-order valence-corrected chi connectivity index (χ0v) is 13.3. The largest absolute Gasteiger partial charge is 0.467 e. The summed E-state index contributed by atoms with van der Waals surface area (Å²) in [5, 5.41) is 4.38. The fourth-order valence-electron chi connectivity index (χ4n) is 2.47. The lowest BCUT2D eigenvalue weighted by atomic mass is 10.0. The van der Waals surface area contributed by atoms with Gasteiger partial charge in [-0.3, -0.25) is 4.79 Å². The molecule has 0 N–H and O–H groups in total. The van der Waals surface area contributed by atoms with Crippen molar-refractivity contribution in [3.63, 3.8) is 0 Å². The minimum atomic E-state index is -0.705. The van der Waals surface area contributed by atoms with Crippen LogP contribution in [0.5, 0.6) is 0 Å². The summed E-state index contributed by atoms with van der Waals surface area (Å²) in [5.74, 6) is -0.463. The molecule has 0 spiro atoms. The van der Waals surface area contributed by atoms with Crippen LogP contribution in [-0.2, 0) is 9.53 Å². The Bertz CT molecular complexity index is 750. The Hall–Kier alpha value is -2.43. The summed E-state index contributed by atoms with van der Waals surface area (Å²) in [7, 11) is 1.31. The SMILES string of the molecule is CC[C@H](C(=O)OC)n1nc(-c2ccc(C)cc2C)ccc1=O. The Morgan fingerprint density at radius 3 is 2.59 bits per heavy atom. The van der Waals surface area contributed by atoms with Crippen LogP contribution in [0.25, 0.3) is 11.3 Å². The molecule has 2 rings (SSSR count). The Labute approximate surface area is 129 Å². The molecule has 0 saturated heterocycles. The van der Waals surface area contributed by atoms with E-state index >= 15 is 0 Å². The number of carbonyl (C=O) groups excluding carboxylic acids is 1. The summed E-state index contributed by atoms with van der Waals surface area (Å²) in [4.78, 5) is 23.9. The zero-order valence-electron chi connectivity index (χ0n) is 13.3. The van der Waals surface area contributed by atoms with Gasteiger partial charge in [0, 0.05) is 11.6 Å². The molecular formula is C17H20N2O3. The maximum atomic E-state index is 12.1. The van der Waals surface area contributed by atoms with Crippen molar-refractivity contribution in [2.24, 2.45) is 0 Å². The van der Waals surface area contributed by atoms with E-state index in [1.165, 1.54) is 17.9 Å². The molecule has 22 heavy (non-hydrogen) atoms. The molecule has 5 heteroatoms. The second kappa shape index (κ2) is 6.56. The van der Waals surface area contributed by atoms with E-state index in [2.05, 4.69) is 11.2 Å². The van der Waals surface area contributed by atoms with Crippen molar-refractivity contribution in [3.8, 4) is 11.3 Å². The van der Waals surface area contributed by atoms with Gasteiger partial charge in [0.25, 0.3) is 5.56 Å². The number of rotatable bonds is 4. The highest BCUT2D eigenvalue weighted by atomic mass is 16.5. The summed E-state index contributed by atoms with van der Waals surface area (Å²) >= 11 is 0. The van der Waals surface area contributed by atoms with Crippen LogP contribution in [-0.4, -0.2) is 22.9 Å². The Morgan fingerprint density at radius 2 is 2.00 bits per heavy atom. The molecule has 0 amide bonds. The van der Waals surface area contributed by atoms with Crippen LogP contribution in [0.3, 0.4) is 0 Å². The van der Waals surface area contributed by atoms with Crippen molar-refractivity contribution in [2.75, 3.05) is 7.11 Å². The zero-order chi connectivity index (χ0) is 16.3. The third-order valence-corrected chi connectivity index (χ3v) is 3.64. The van der Waals surface area contributed by atoms with Crippen LogP contribution >= 0.6 is 0 Å². The molecule has 1 heterocycles. The molecule has 1 atom stereocenters. The second-order valence-electron chi connectivity index (χ2n) is 5.27. The lowest BCUT2D eigenvalue weighted by Crippen LogP contribution is -2.32. The summed E-state index contributed by atoms with van der Waals surface area (Å²) in [6.45, 7) is 5.84. The van der Waals surface area contributed by atoms with Gasteiger partial charge in [0.15, 0.2) is 6.04 Å². The van der Waals surface area contributed by atoms with Crippen LogP contribution in [0.15, 0.2) is 35.1 Å². The van der Waals surface area contributed by atoms with Gasteiger partial charge in [-0.25, -0.2) is 9.48 Å². The minimum Gasteiger partial charge on any atom is -0.467 e. The predicted octanol–water partition coefficient (Wildman–Crippen LogP) is 2.65. The number of aromatic nitrogens is 2. The number of esters is 1. The van der Waals surface area contributed by atoms with Gasteiger partial charge < -0.3 is 4.74 Å². The minimum absolute atomic E-state index is 0.314. The second-order valence-corrected chi connectivity index (χ2v) is 5.27. The van der Waals surface area contributed by atoms with Gasteiger partial charge in [-0.15, -0.1) is 0 Å². The fourth-order valence-corrected chi connectivity index (χ4v) is 2.47. The first kappa shape index (κ1) is 15.9. The lowest BCUT2D eigenvalue weighted by molar-refractivity contribution is -0.145. The number of carbonyl (C=O) groups is 1. The molecule has 1 aromatic heterocycles. The maximum absolute atomic E-state index is 12.1. The smallest absolute Gasteiger partial charge is 0.330 e. The molecule has 0 aliphatic carbocycles. The number of nitrogens with zero attached hydrogens (tertiary/aromatic N) is 2. The van der Waals surface area contributed by atoms with Gasteiger partial charge in [0.05, 0.1) is 12.8 Å². The number of hydrogen-bond donors (Lipinski definition) is 0. The first-order valence-corrected chi connectivity index (χ1v) is 7.23. The molecule has 116 valence electrons. The van der Waals surface area contributed by atoms with Crippen molar-refractivity contribution in [1.29, 1.82) is 0 Å². The molecule has 2 aromatic rings. The van der Waals surface area contributed by atoms with E-state index in [0.717, 1.165) is 16.7 Å². The Morgan fingerprint density at radius 1 is 1.27 bits per heavy atom. The number of methoxy groups -OCH3 is 1. The van der Waals surface area contributed by atoms with Crippen LogP contribution in [0.1, 0.15) is 30.5 Å². The fraction of sp³-hybridized carbons (Fsp3) is 0.353. The summed E-state index contributed by atoms with van der Waals surface area (Å²) in [5.41, 5.74) is 3.53. The van der Waals surface area contributed by atoms with Crippen molar-refractivity contribution in [1.82, 2.24) is 9.78 Å². The monoisotopic (exact) mass is 300 g/mol. The van der Waals surface area contributed by atoms with Crippen molar-refractivity contribution in [3.05, 3.63) is 51.8 Å². The van der Waals surface area contributed by atoms with Crippen LogP contribution in [0.2, 0.25) is 0 Å². The highest BCUT2D eigenvalue weighted by Gasteiger charge is 2.22. The van der Waals surface area contributed by atoms with Crippen LogP contribution in [0, 0.1) is 13.8 Å². The van der Waals surface area contributed by atoms with E-state index in [1.807, 2.05) is 32.9 Å². The van der Waals surface area contributed by atoms with Gasteiger partial charge in [-0.1, -0.05) is 30.7 Å². The quantitative estimate of drug-likeness (QED) is 0.814. The van der Waals surface area contributed by atoms with Crippen LogP contribution in [0.4, 0.5) is 0 Å². The first-order chi connectivity index (χ1) is 10.5. The predicted molar refractivity (Wildman–Crippen MR) is 84.8 cm³/mol. The van der Waals surface area contributed by atoms with Gasteiger partial charge in [-0.05, 0) is 31.9 Å². The average molecular weight is 300 g/mol. The molecule has 0 unspecified atom stereocenters. The highest BCUT2D eigenvalue weighted by molar-refractivity contribution is 5.74. The van der Waals surface area contributed by atoms with Gasteiger partial charge in [0.2, 0.25) is 0 Å². The molecule has 0 aliphatic rings. The number of hydrogen-bond acceptors (Lipinski definition) is 4. The van der Waals surface area contributed by atoms with Gasteiger partial charge in [-0.2, -0.15) is 5.10 Å². The Kier molecular flexibility index (Phi) is 4.75. The summed E-state index contributed by atoms with van der Waals surface area (Å²) in [6, 6.07) is 8.44. The molecule has 5 nitrogen and oxygen atoms in total.